The number of H-pyrrole nitrogens is 1. The zero-order valence-corrected chi connectivity index (χ0v) is 13.4. The molecule has 1 amide bonds. The minimum Gasteiger partial charge on any atom is -0.349 e. The molecule has 4 heteroatoms. The molecule has 1 aromatic carbocycles. The van der Waals surface area contributed by atoms with Crippen molar-refractivity contribution in [3.63, 3.8) is 0 Å². The lowest BCUT2D eigenvalue weighted by atomic mass is 9.86. The molecule has 2 N–H and O–H groups in total. The van der Waals surface area contributed by atoms with E-state index in [-0.39, 0.29) is 17.4 Å². The number of aryl methyl sites for hydroxylation is 1. The van der Waals surface area contributed by atoms with Gasteiger partial charge >= 0.3 is 0 Å². The summed E-state index contributed by atoms with van der Waals surface area (Å²) in [7, 11) is 0. The molecule has 1 unspecified atom stereocenters. The Morgan fingerprint density at radius 3 is 2.95 bits per heavy atom. The summed E-state index contributed by atoms with van der Waals surface area (Å²) in [4.78, 5) is 12.5. The predicted molar refractivity (Wildman–Crippen MR) is 87.0 cm³/mol. The highest BCUT2D eigenvalue weighted by Crippen LogP contribution is 2.23. The van der Waals surface area contributed by atoms with Crippen LogP contribution in [-0.4, -0.2) is 22.1 Å². The molecule has 1 aromatic heterocycles. The van der Waals surface area contributed by atoms with E-state index in [0.29, 0.717) is 0 Å². The fourth-order valence-corrected chi connectivity index (χ4v) is 2.93. The van der Waals surface area contributed by atoms with Crippen LogP contribution in [0.3, 0.4) is 0 Å². The third kappa shape index (κ3) is 3.06. The average molecular weight is 297 g/mol. The number of aromatic amines is 1. The molecule has 1 aliphatic rings. The first-order valence-electron chi connectivity index (χ1n) is 7.86. The predicted octanol–water partition coefficient (Wildman–Crippen LogP) is 2.99. The summed E-state index contributed by atoms with van der Waals surface area (Å²) in [6.07, 6.45) is 4.66. The molecular formula is C18H23N3O. The quantitative estimate of drug-likeness (QED) is 0.895. The zero-order chi connectivity index (χ0) is 15.7. The Morgan fingerprint density at radius 2 is 2.18 bits per heavy atom. The summed E-state index contributed by atoms with van der Waals surface area (Å²) >= 11 is 0. The second kappa shape index (κ2) is 5.59. The Balaban J connectivity index is 1.70. The van der Waals surface area contributed by atoms with Gasteiger partial charge in [0.25, 0.3) is 5.91 Å². The van der Waals surface area contributed by atoms with E-state index in [0.717, 1.165) is 30.5 Å². The molecule has 0 spiro atoms. The molecule has 0 saturated carbocycles. The first kappa shape index (κ1) is 14.8. The summed E-state index contributed by atoms with van der Waals surface area (Å²) in [6.45, 7) is 6.47. The van der Waals surface area contributed by atoms with Gasteiger partial charge in [-0.3, -0.25) is 9.89 Å². The Bertz CT molecular complexity index is 682. The molecular weight excluding hydrogens is 274 g/mol. The van der Waals surface area contributed by atoms with Crippen molar-refractivity contribution < 1.29 is 4.79 Å². The number of carbonyl (C=O) groups excluding carboxylic acids is 1. The SMILES string of the molecule is CC(C)(C)c1cccc(C(=O)NC2CCc3cn[nH]c3C2)c1. The van der Waals surface area contributed by atoms with E-state index in [2.05, 4.69) is 42.4 Å². The van der Waals surface area contributed by atoms with Gasteiger partial charge in [-0.15, -0.1) is 0 Å². The molecule has 1 heterocycles. The monoisotopic (exact) mass is 297 g/mol. The van der Waals surface area contributed by atoms with Gasteiger partial charge in [0, 0.05) is 23.7 Å². The van der Waals surface area contributed by atoms with Crippen molar-refractivity contribution in [2.45, 2.75) is 51.5 Å². The van der Waals surface area contributed by atoms with Gasteiger partial charge in [-0.25, -0.2) is 0 Å². The van der Waals surface area contributed by atoms with Crippen LogP contribution in [0.5, 0.6) is 0 Å². The summed E-state index contributed by atoms with van der Waals surface area (Å²) in [5, 5.41) is 10.3. The van der Waals surface area contributed by atoms with Gasteiger partial charge in [0.15, 0.2) is 0 Å². The highest BCUT2D eigenvalue weighted by Gasteiger charge is 2.22. The van der Waals surface area contributed by atoms with Crippen molar-refractivity contribution in [2.75, 3.05) is 0 Å². The normalized spacial score (nSPS) is 17.9. The zero-order valence-electron chi connectivity index (χ0n) is 13.4. The average Bonchev–Trinajstić information content (AvgIpc) is 2.94. The standard InChI is InChI=1S/C18H23N3O/c1-18(2,3)14-6-4-5-12(9-14)17(22)20-15-8-7-13-11-19-21-16(13)10-15/h4-6,9,11,15H,7-8,10H2,1-3H3,(H,19,21)(H,20,22). The number of amides is 1. The minimum absolute atomic E-state index is 0.0130. The number of nitrogens with zero attached hydrogens (tertiary/aromatic N) is 1. The number of hydrogen-bond donors (Lipinski definition) is 2. The molecule has 4 nitrogen and oxygen atoms in total. The van der Waals surface area contributed by atoms with Crippen LogP contribution >= 0.6 is 0 Å². The third-order valence-corrected chi connectivity index (χ3v) is 4.35. The van der Waals surface area contributed by atoms with Crippen LogP contribution in [0.2, 0.25) is 0 Å². The number of aromatic nitrogens is 2. The van der Waals surface area contributed by atoms with Crippen molar-refractivity contribution in [1.82, 2.24) is 15.5 Å². The largest absolute Gasteiger partial charge is 0.349 e. The lowest BCUT2D eigenvalue weighted by Gasteiger charge is -2.23. The Labute approximate surface area is 131 Å². The Kier molecular flexibility index (Phi) is 3.77. The molecule has 0 radical (unpaired) electrons. The van der Waals surface area contributed by atoms with Crippen LogP contribution in [0.1, 0.15) is 54.4 Å². The van der Waals surface area contributed by atoms with Gasteiger partial charge in [0.05, 0.1) is 6.20 Å². The first-order chi connectivity index (χ1) is 10.4. The summed E-state index contributed by atoms with van der Waals surface area (Å²) in [6, 6.07) is 8.10. The van der Waals surface area contributed by atoms with E-state index in [9.17, 15) is 4.79 Å². The Hall–Kier alpha value is -2.10. The van der Waals surface area contributed by atoms with E-state index in [1.807, 2.05) is 24.4 Å². The van der Waals surface area contributed by atoms with Gasteiger partial charge in [-0.1, -0.05) is 32.9 Å². The molecule has 2 aromatic rings. The van der Waals surface area contributed by atoms with Gasteiger partial charge in [-0.2, -0.15) is 5.10 Å². The molecule has 1 aliphatic carbocycles. The summed E-state index contributed by atoms with van der Waals surface area (Å²) < 4.78 is 0. The van der Waals surface area contributed by atoms with E-state index >= 15 is 0 Å². The van der Waals surface area contributed by atoms with Crippen molar-refractivity contribution >= 4 is 5.91 Å². The Morgan fingerprint density at radius 1 is 1.36 bits per heavy atom. The topological polar surface area (TPSA) is 57.8 Å². The van der Waals surface area contributed by atoms with Crippen molar-refractivity contribution in [2.24, 2.45) is 0 Å². The maximum Gasteiger partial charge on any atom is 0.251 e. The molecule has 116 valence electrons. The molecule has 0 fully saturated rings. The van der Waals surface area contributed by atoms with Crippen molar-refractivity contribution in [3.8, 4) is 0 Å². The number of hydrogen-bond acceptors (Lipinski definition) is 2. The second-order valence-corrected chi connectivity index (χ2v) is 7.12. The van der Waals surface area contributed by atoms with Crippen molar-refractivity contribution in [3.05, 3.63) is 52.8 Å². The highest BCUT2D eigenvalue weighted by atomic mass is 16.1. The van der Waals surface area contributed by atoms with Gasteiger partial charge < -0.3 is 5.32 Å². The summed E-state index contributed by atoms with van der Waals surface area (Å²) in [5.74, 6) is 0.0130. The maximum absolute atomic E-state index is 12.5. The smallest absolute Gasteiger partial charge is 0.251 e. The van der Waals surface area contributed by atoms with Crippen LogP contribution in [-0.2, 0) is 18.3 Å². The van der Waals surface area contributed by atoms with Crippen LogP contribution in [0.25, 0.3) is 0 Å². The van der Waals surface area contributed by atoms with E-state index in [1.165, 1.54) is 11.1 Å². The number of nitrogens with one attached hydrogen (secondary N) is 2. The minimum atomic E-state index is 0.0130. The van der Waals surface area contributed by atoms with Crippen LogP contribution in [0.15, 0.2) is 30.5 Å². The number of benzene rings is 1. The second-order valence-electron chi connectivity index (χ2n) is 7.12. The fourth-order valence-electron chi connectivity index (χ4n) is 2.93. The number of rotatable bonds is 2. The van der Waals surface area contributed by atoms with Crippen molar-refractivity contribution in [1.29, 1.82) is 0 Å². The highest BCUT2D eigenvalue weighted by molar-refractivity contribution is 5.94. The number of fused-ring (bicyclic) bond motifs is 1. The maximum atomic E-state index is 12.5. The van der Waals surface area contributed by atoms with Gasteiger partial charge in [-0.05, 0) is 41.5 Å². The molecule has 22 heavy (non-hydrogen) atoms. The molecule has 0 saturated heterocycles. The molecule has 0 aliphatic heterocycles. The molecule has 1 atom stereocenters. The number of carbonyl (C=O) groups is 1. The summed E-state index contributed by atoms with van der Waals surface area (Å²) in [5.41, 5.74) is 4.40. The van der Waals surface area contributed by atoms with E-state index in [1.54, 1.807) is 0 Å². The third-order valence-electron chi connectivity index (χ3n) is 4.35. The van der Waals surface area contributed by atoms with Gasteiger partial charge in [0.2, 0.25) is 0 Å². The van der Waals surface area contributed by atoms with Gasteiger partial charge in [0.1, 0.15) is 0 Å². The van der Waals surface area contributed by atoms with E-state index in [4.69, 9.17) is 0 Å². The van der Waals surface area contributed by atoms with E-state index < -0.39 is 0 Å². The van der Waals surface area contributed by atoms with Crippen LogP contribution < -0.4 is 5.32 Å². The lowest BCUT2D eigenvalue weighted by Crippen LogP contribution is -2.38. The molecule has 3 rings (SSSR count). The van der Waals surface area contributed by atoms with Crippen LogP contribution in [0, 0.1) is 0 Å². The lowest BCUT2D eigenvalue weighted by molar-refractivity contribution is 0.0933. The molecule has 0 bridgehead atoms. The fraction of sp³-hybridized carbons (Fsp3) is 0.444. The first-order valence-corrected chi connectivity index (χ1v) is 7.86. The van der Waals surface area contributed by atoms with Crippen LogP contribution in [0.4, 0.5) is 0 Å².